The van der Waals surface area contributed by atoms with Gasteiger partial charge in [-0.3, -0.25) is 0 Å². The summed E-state index contributed by atoms with van der Waals surface area (Å²) in [5.74, 6) is 1.08. The van der Waals surface area contributed by atoms with Crippen molar-refractivity contribution in [2.24, 2.45) is 0 Å². The van der Waals surface area contributed by atoms with Gasteiger partial charge in [-0.15, -0.1) is 0 Å². The molecule has 2 heterocycles. The first-order chi connectivity index (χ1) is 8.45. The zero-order chi connectivity index (χ0) is 11.5. The number of nitrogens with one attached hydrogen (secondary N) is 1. The molecule has 1 saturated heterocycles. The Labute approximate surface area is 103 Å². The van der Waals surface area contributed by atoms with Crippen molar-refractivity contribution in [2.75, 3.05) is 19.7 Å². The largest absolute Gasteiger partial charge is 0.493 e. The van der Waals surface area contributed by atoms with Crippen LogP contribution in [0, 0.1) is 0 Å². The number of benzene rings is 1. The van der Waals surface area contributed by atoms with Gasteiger partial charge >= 0.3 is 0 Å². The van der Waals surface area contributed by atoms with Gasteiger partial charge in [0.25, 0.3) is 0 Å². The van der Waals surface area contributed by atoms with Crippen molar-refractivity contribution in [1.82, 2.24) is 5.32 Å². The zero-order valence-corrected chi connectivity index (χ0v) is 10.2. The van der Waals surface area contributed by atoms with Gasteiger partial charge in [-0.2, -0.15) is 0 Å². The van der Waals surface area contributed by atoms with Crippen molar-refractivity contribution in [3.63, 3.8) is 0 Å². The van der Waals surface area contributed by atoms with Crippen molar-refractivity contribution >= 4 is 5.57 Å². The van der Waals surface area contributed by atoms with E-state index in [9.17, 15) is 0 Å². The Hall–Kier alpha value is -1.28. The average Bonchev–Trinajstić information content (AvgIpc) is 2.62. The molecule has 17 heavy (non-hydrogen) atoms. The first kappa shape index (κ1) is 10.8. The lowest BCUT2D eigenvalue weighted by molar-refractivity contribution is 0.317. The van der Waals surface area contributed by atoms with Crippen molar-refractivity contribution in [3.8, 4) is 5.75 Å². The summed E-state index contributed by atoms with van der Waals surface area (Å²) < 4.78 is 5.82. The number of allylic oxidation sites excluding steroid dienone is 1. The highest BCUT2D eigenvalue weighted by atomic mass is 16.5. The summed E-state index contributed by atoms with van der Waals surface area (Å²) in [5.41, 5.74) is 4.53. The number of rotatable bonds is 0. The smallest absolute Gasteiger partial charge is 0.126 e. The molecule has 2 aliphatic rings. The minimum absolute atomic E-state index is 0.853. The quantitative estimate of drug-likeness (QED) is 0.738. The maximum absolute atomic E-state index is 5.82. The second kappa shape index (κ2) is 4.92. The molecule has 0 spiro atoms. The van der Waals surface area contributed by atoms with Gasteiger partial charge in [0.1, 0.15) is 5.75 Å². The summed E-state index contributed by atoms with van der Waals surface area (Å²) >= 11 is 0. The second-order valence-corrected chi connectivity index (χ2v) is 4.78. The van der Waals surface area contributed by atoms with Crippen LogP contribution in [0.2, 0.25) is 0 Å². The lowest BCUT2D eigenvalue weighted by Crippen LogP contribution is -2.23. The van der Waals surface area contributed by atoms with E-state index in [1.54, 1.807) is 11.1 Å². The fourth-order valence-electron chi connectivity index (χ4n) is 2.81. The van der Waals surface area contributed by atoms with Crippen molar-refractivity contribution in [1.29, 1.82) is 0 Å². The van der Waals surface area contributed by atoms with Crippen LogP contribution in [0.5, 0.6) is 5.75 Å². The first-order valence-electron chi connectivity index (χ1n) is 6.59. The number of hydrogen-bond acceptors (Lipinski definition) is 2. The molecule has 0 atom stereocenters. The lowest BCUT2D eigenvalue weighted by atomic mass is 9.91. The Morgan fingerprint density at radius 1 is 1.00 bits per heavy atom. The number of hydrogen-bond donors (Lipinski definition) is 1. The first-order valence-corrected chi connectivity index (χ1v) is 6.59. The van der Waals surface area contributed by atoms with Gasteiger partial charge in [-0.05, 0) is 50.4 Å². The fraction of sp³-hybridized carbons (Fsp3) is 0.467. The molecular weight excluding hydrogens is 210 g/mol. The number of para-hydroxylation sites is 1. The van der Waals surface area contributed by atoms with Crippen LogP contribution in [0.1, 0.15) is 31.2 Å². The number of piperidine rings is 1. The summed E-state index contributed by atoms with van der Waals surface area (Å²) in [6, 6.07) is 8.50. The maximum Gasteiger partial charge on any atom is 0.126 e. The van der Waals surface area contributed by atoms with Crippen LogP contribution in [-0.2, 0) is 0 Å². The van der Waals surface area contributed by atoms with Crippen LogP contribution >= 0.6 is 0 Å². The van der Waals surface area contributed by atoms with Crippen molar-refractivity contribution in [2.45, 2.75) is 25.7 Å². The predicted octanol–water partition coefficient (Wildman–Crippen LogP) is 3.00. The molecule has 0 aliphatic carbocycles. The minimum atomic E-state index is 0.853. The van der Waals surface area contributed by atoms with Crippen LogP contribution in [0.4, 0.5) is 0 Å². The third kappa shape index (κ3) is 2.22. The summed E-state index contributed by atoms with van der Waals surface area (Å²) in [6.07, 6.45) is 4.71. The van der Waals surface area contributed by atoms with E-state index in [1.807, 2.05) is 0 Å². The molecule has 0 saturated carbocycles. The van der Waals surface area contributed by atoms with Gasteiger partial charge in [0.2, 0.25) is 0 Å². The lowest BCUT2D eigenvalue weighted by Gasteiger charge is -2.20. The molecule has 0 unspecified atom stereocenters. The van der Waals surface area contributed by atoms with Gasteiger partial charge in [-0.25, -0.2) is 0 Å². The van der Waals surface area contributed by atoms with E-state index >= 15 is 0 Å². The van der Waals surface area contributed by atoms with E-state index in [0.717, 1.165) is 31.9 Å². The van der Waals surface area contributed by atoms with Crippen LogP contribution in [0.25, 0.3) is 5.57 Å². The normalized spacial score (nSPS) is 20.5. The van der Waals surface area contributed by atoms with Crippen LogP contribution in [0.15, 0.2) is 29.8 Å². The van der Waals surface area contributed by atoms with Gasteiger partial charge < -0.3 is 10.1 Å². The topological polar surface area (TPSA) is 21.3 Å². The monoisotopic (exact) mass is 229 g/mol. The molecule has 2 aliphatic heterocycles. The highest BCUT2D eigenvalue weighted by molar-refractivity contribution is 5.73. The highest BCUT2D eigenvalue weighted by Crippen LogP contribution is 2.36. The van der Waals surface area contributed by atoms with Gasteiger partial charge in [0, 0.05) is 5.56 Å². The maximum atomic E-state index is 5.82. The predicted molar refractivity (Wildman–Crippen MR) is 70.2 cm³/mol. The fourth-order valence-corrected chi connectivity index (χ4v) is 2.81. The van der Waals surface area contributed by atoms with E-state index < -0.39 is 0 Å². The molecule has 0 aromatic heterocycles. The SMILES string of the molecule is c1ccc2c(c1)OCCCC2=C1CCNCC1. The number of fused-ring (bicyclic) bond motifs is 1. The molecule has 0 bridgehead atoms. The van der Waals surface area contributed by atoms with Crippen LogP contribution in [-0.4, -0.2) is 19.7 Å². The van der Waals surface area contributed by atoms with E-state index in [2.05, 4.69) is 29.6 Å². The average molecular weight is 229 g/mol. The molecule has 2 heteroatoms. The summed E-state index contributed by atoms with van der Waals surface area (Å²) in [7, 11) is 0. The van der Waals surface area contributed by atoms with E-state index in [4.69, 9.17) is 4.74 Å². The third-order valence-corrected chi connectivity index (χ3v) is 3.67. The molecule has 90 valence electrons. The standard InChI is InChI=1S/C15H19NO/c1-2-6-15-14(4-1)13(5-3-11-17-15)12-7-9-16-10-8-12/h1-2,4,6,16H,3,5,7-11H2. The van der Waals surface area contributed by atoms with Crippen LogP contribution in [0.3, 0.4) is 0 Å². The van der Waals surface area contributed by atoms with Crippen molar-refractivity contribution < 1.29 is 4.74 Å². The molecule has 1 aromatic carbocycles. The Kier molecular flexibility index (Phi) is 3.14. The summed E-state index contributed by atoms with van der Waals surface area (Å²) in [5, 5.41) is 3.43. The second-order valence-electron chi connectivity index (χ2n) is 4.78. The molecule has 0 radical (unpaired) electrons. The van der Waals surface area contributed by atoms with Crippen LogP contribution < -0.4 is 10.1 Å². The van der Waals surface area contributed by atoms with Gasteiger partial charge in [-0.1, -0.05) is 23.8 Å². The molecule has 1 N–H and O–H groups in total. The molecule has 1 fully saturated rings. The Bertz CT molecular complexity index is 428. The zero-order valence-electron chi connectivity index (χ0n) is 10.2. The van der Waals surface area contributed by atoms with Crippen molar-refractivity contribution in [3.05, 3.63) is 35.4 Å². The number of ether oxygens (including phenoxy) is 1. The Morgan fingerprint density at radius 3 is 2.71 bits per heavy atom. The van der Waals surface area contributed by atoms with E-state index in [-0.39, 0.29) is 0 Å². The highest BCUT2D eigenvalue weighted by Gasteiger charge is 2.17. The minimum Gasteiger partial charge on any atom is -0.493 e. The summed E-state index contributed by atoms with van der Waals surface area (Å²) in [6.45, 7) is 3.11. The van der Waals surface area contributed by atoms with Gasteiger partial charge in [0.15, 0.2) is 0 Å². The molecule has 2 nitrogen and oxygen atoms in total. The Balaban J connectivity index is 2.04. The molecule has 0 amide bonds. The molecule has 3 rings (SSSR count). The van der Waals surface area contributed by atoms with E-state index in [0.29, 0.717) is 0 Å². The summed E-state index contributed by atoms with van der Waals surface area (Å²) in [4.78, 5) is 0. The van der Waals surface area contributed by atoms with E-state index in [1.165, 1.54) is 24.8 Å². The van der Waals surface area contributed by atoms with Gasteiger partial charge in [0.05, 0.1) is 6.61 Å². The Morgan fingerprint density at radius 2 is 1.82 bits per heavy atom. The third-order valence-electron chi connectivity index (χ3n) is 3.67. The molecular formula is C15H19NO. The molecule has 1 aromatic rings.